The maximum atomic E-state index is 13.3. The Kier molecular flexibility index (Phi) is 5.83. The summed E-state index contributed by atoms with van der Waals surface area (Å²) in [5.41, 5.74) is 2.13. The van der Waals surface area contributed by atoms with Gasteiger partial charge in [0.25, 0.3) is 0 Å². The number of allylic oxidation sites excluding steroid dienone is 1. The smallest absolute Gasteiger partial charge is 0.238 e. The fourth-order valence-corrected chi connectivity index (χ4v) is 5.19. The molecule has 4 rings (SSSR count). The summed E-state index contributed by atoms with van der Waals surface area (Å²) in [5.74, 6) is 1.21. The molecule has 1 aliphatic rings. The summed E-state index contributed by atoms with van der Waals surface area (Å²) in [7, 11) is 0. The lowest BCUT2D eigenvalue weighted by Crippen LogP contribution is -2.39. The number of nitrogens with zero attached hydrogens (tertiary/aromatic N) is 4. The molecule has 2 heterocycles. The van der Waals surface area contributed by atoms with E-state index in [1.165, 1.54) is 11.8 Å². The Bertz CT molecular complexity index is 973. The maximum absolute atomic E-state index is 13.3. The number of carbonyl (C=O) groups is 1. The van der Waals surface area contributed by atoms with E-state index in [1.54, 1.807) is 24.2 Å². The third-order valence-corrected chi connectivity index (χ3v) is 6.62. The van der Waals surface area contributed by atoms with Crippen LogP contribution in [-0.4, -0.2) is 32.2 Å². The van der Waals surface area contributed by atoms with Crippen molar-refractivity contribution in [1.29, 1.82) is 0 Å². The van der Waals surface area contributed by atoms with E-state index in [1.807, 2.05) is 45.9 Å². The molecule has 0 saturated heterocycles. The SMILES string of the molecule is C=CCn1cnnc1SCC(=O)N1c2ccccc2SC[C@H]1c1ccccc1. The Balaban J connectivity index is 1.60. The van der Waals surface area contributed by atoms with Crippen molar-refractivity contribution in [1.82, 2.24) is 14.8 Å². The number of fused-ring (bicyclic) bond motifs is 1. The first kappa shape index (κ1) is 18.8. The minimum atomic E-state index is 0.0141. The zero-order valence-corrected chi connectivity index (χ0v) is 16.9. The molecule has 0 fully saturated rings. The van der Waals surface area contributed by atoms with Gasteiger partial charge < -0.3 is 9.47 Å². The Hall–Kier alpha value is -2.51. The van der Waals surface area contributed by atoms with Crippen molar-refractivity contribution in [3.63, 3.8) is 0 Å². The quantitative estimate of drug-likeness (QED) is 0.446. The van der Waals surface area contributed by atoms with Crippen LogP contribution >= 0.6 is 23.5 Å². The zero-order chi connectivity index (χ0) is 19.3. The van der Waals surface area contributed by atoms with Crippen LogP contribution in [0, 0.1) is 0 Å². The van der Waals surface area contributed by atoms with Crippen LogP contribution in [0.5, 0.6) is 0 Å². The van der Waals surface area contributed by atoms with Gasteiger partial charge in [-0.25, -0.2) is 0 Å². The highest BCUT2D eigenvalue weighted by atomic mass is 32.2. The van der Waals surface area contributed by atoms with Crippen LogP contribution in [0.1, 0.15) is 11.6 Å². The average molecular weight is 409 g/mol. The largest absolute Gasteiger partial charge is 0.305 e. The highest BCUT2D eigenvalue weighted by Crippen LogP contribution is 2.43. The summed E-state index contributed by atoms with van der Waals surface area (Å²) in [6, 6.07) is 18.4. The molecular weight excluding hydrogens is 388 g/mol. The molecule has 7 heteroatoms. The highest BCUT2D eigenvalue weighted by molar-refractivity contribution is 8.00. The van der Waals surface area contributed by atoms with E-state index >= 15 is 0 Å². The second-order valence-electron chi connectivity index (χ2n) is 6.31. The Labute approximate surface area is 172 Å². The molecule has 3 aromatic rings. The number of benzene rings is 2. The fourth-order valence-electron chi connectivity index (χ4n) is 3.23. The van der Waals surface area contributed by atoms with Gasteiger partial charge >= 0.3 is 0 Å². The van der Waals surface area contributed by atoms with Gasteiger partial charge in [-0.05, 0) is 17.7 Å². The maximum Gasteiger partial charge on any atom is 0.238 e. The van der Waals surface area contributed by atoms with Crippen molar-refractivity contribution >= 4 is 35.1 Å². The molecule has 0 saturated carbocycles. The predicted octanol–water partition coefficient (Wildman–Crippen LogP) is 4.44. The first-order valence-corrected chi connectivity index (χ1v) is 11.0. The lowest BCUT2D eigenvalue weighted by atomic mass is 10.1. The van der Waals surface area contributed by atoms with Gasteiger partial charge in [0.15, 0.2) is 5.16 Å². The van der Waals surface area contributed by atoms with Crippen molar-refractivity contribution < 1.29 is 4.79 Å². The number of para-hydroxylation sites is 1. The number of aromatic nitrogens is 3. The number of carbonyl (C=O) groups excluding carboxylic acids is 1. The Morgan fingerprint density at radius 2 is 2.00 bits per heavy atom. The van der Waals surface area contributed by atoms with E-state index in [0.717, 1.165) is 27.1 Å². The molecule has 0 aliphatic carbocycles. The van der Waals surface area contributed by atoms with Gasteiger partial charge in [-0.15, -0.1) is 28.5 Å². The van der Waals surface area contributed by atoms with Crippen LogP contribution in [0.2, 0.25) is 0 Å². The molecule has 1 aliphatic heterocycles. The van der Waals surface area contributed by atoms with Gasteiger partial charge in [0.2, 0.25) is 5.91 Å². The van der Waals surface area contributed by atoms with Crippen molar-refractivity contribution in [2.45, 2.75) is 22.6 Å². The van der Waals surface area contributed by atoms with Crippen LogP contribution in [0.3, 0.4) is 0 Å². The Morgan fingerprint density at radius 1 is 1.21 bits per heavy atom. The van der Waals surface area contributed by atoms with Gasteiger partial charge in [0.1, 0.15) is 6.33 Å². The minimum absolute atomic E-state index is 0.0141. The van der Waals surface area contributed by atoms with Crippen LogP contribution in [0.25, 0.3) is 0 Å². The normalized spacial score (nSPS) is 15.9. The first-order chi connectivity index (χ1) is 13.8. The van der Waals surface area contributed by atoms with Gasteiger partial charge in [0, 0.05) is 17.2 Å². The molecule has 1 atom stereocenters. The lowest BCUT2D eigenvalue weighted by molar-refractivity contribution is -0.116. The highest BCUT2D eigenvalue weighted by Gasteiger charge is 2.32. The minimum Gasteiger partial charge on any atom is -0.305 e. The second kappa shape index (κ2) is 8.67. The van der Waals surface area contributed by atoms with E-state index in [2.05, 4.69) is 35.0 Å². The second-order valence-corrected chi connectivity index (χ2v) is 8.32. The summed E-state index contributed by atoms with van der Waals surface area (Å²) < 4.78 is 1.89. The van der Waals surface area contributed by atoms with E-state index < -0.39 is 0 Å². The van der Waals surface area contributed by atoms with Gasteiger partial charge in [-0.2, -0.15) is 0 Å². The summed E-state index contributed by atoms with van der Waals surface area (Å²) in [6.45, 7) is 4.38. The third kappa shape index (κ3) is 3.86. The van der Waals surface area contributed by atoms with Crippen LogP contribution < -0.4 is 4.90 Å². The molecule has 0 unspecified atom stereocenters. The summed E-state index contributed by atoms with van der Waals surface area (Å²) >= 11 is 3.21. The van der Waals surface area contributed by atoms with E-state index in [-0.39, 0.29) is 11.9 Å². The van der Waals surface area contributed by atoms with Gasteiger partial charge in [-0.1, -0.05) is 60.3 Å². The number of hydrogen-bond donors (Lipinski definition) is 0. The van der Waals surface area contributed by atoms with Crippen LogP contribution in [0.15, 0.2) is 83.6 Å². The van der Waals surface area contributed by atoms with Crippen LogP contribution in [-0.2, 0) is 11.3 Å². The lowest BCUT2D eigenvalue weighted by Gasteiger charge is -2.37. The average Bonchev–Trinajstić information content (AvgIpc) is 3.19. The third-order valence-electron chi connectivity index (χ3n) is 4.52. The van der Waals surface area contributed by atoms with Gasteiger partial charge in [0.05, 0.1) is 17.5 Å². The molecule has 28 heavy (non-hydrogen) atoms. The molecular formula is C21H20N4OS2. The predicted molar refractivity (Wildman–Crippen MR) is 115 cm³/mol. The monoisotopic (exact) mass is 408 g/mol. The fraction of sp³-hybridized carbons (Fsp3) is 0.190. The number of rotatable bonds is 6. The summed E-state index contributed by atoms with van der Waals surface area (Å²) in [4.78, 5) is 16.4. The molecule has 1 amide bonds. The molecule has 2 aromatic carbocycles. The van der Waals surface area contributed by atoms with E-state index in [9.17, 15) is 4.79 Å². The summed E-state index contributed by atoms with van der Waals surface area (Å²) in [6.07, 6.45) is 3.45. The first-order valence-electron chi connectivity index (χ1n) is 8.98. The topological polar surface area (TPSA) is 51.0 Å². The van der Waals surface area contributed by atoms with Crippen molar-refractivity contribution in [2.75, 3.05) is 16.4 Å². The molecule has 1 aromatic heterocycles. The number of hydrogen-bond acceptors (Lipinski definition) is 5. The molecule has 5 nitrogen and oxygen atoms in total. The zero-order valence-electron chi connectivity index (χ0n) is 15.3. The van der Waals surface area contributed by atoms with Gasteiger partial charge in [-0.3, -0.25) is 4.79 Å². The van der Waals surface area contributed by atoms with E-state index in [0.29, 0.717) is 12.3 Å². The van der Waals surface area contributed by atoms with Crippen LogP contribution in [0.4, 0.5) is 5.69 Å². The van der Waals surface area contributed by atoms with Crippen molar-refractivity contribution in [3.8, 4) is 0 Å². The Morgan fingerprint density at radius 3 is 2.82 bits per heavy atom. The molecule has 0 N–H and O–H groups in total. The van der Waals surface area contributed by atoms with E-state index in [4.69, 9.17) is 0 Å². The van der Waals surface area contributed by atoms with Crippen molar-refractivity contribution in [3.05, 3.63) is 79.1 Å². The molecule has 0 spiro atoms. The molecule has 142 valence electrons. The standard InChI is InChI=1S/C21H20N4OS2/c1-2-12-24-15-22-23-21(24)28-14-20(26)25-17-10-6-7-11-19(17)27-13-18(25)16-8-4-3-5-9-16/h2-11,15,18H,1,12-14H2/t18-/m0/s1. The molecule has 0 bridgehead atoms. The number of amides is 1. The summed E-state index contributed by atoms with van der Waals surface area (Å²) in [5, 5.41) is 8.80. The van der Waals surface area contributed by atoms with Crippen molar-refractivity contribution in [2.24, 2.45) is 0 Å². The number of thioether (sulfide) groups is 2. The number of anilines is 1. The molecule has 0 radical (unpaired) electrons.